The number of hydrogen-bond acceptors (Lipinski definition) is 2. The van der Waals surface area contributed by atoms with E-state index in [-0.39, 0.29) is 5.60 Å². The molecule has 2 rings (SSSR count). The molecule has 0 aliphatic heterocycles. The molecule has 3 unspecified atom stereocenters. The molecule has 3 atom stereocenters. The molecule has 2 nitrogen and oxygen atoms in total. The number of ether oxygens (including phenoxy) is 1. The van der Waals surface area contributed by atoms with Gasteiger partial charge in [0.1, 0.15) is 6.29 Å². The number of methoxy groups -OCH3 is 1. The maximum atomic E-state index is 9.41. The lowest BCUT2D eigenvalue weighted by Crippen LogP contribution is -2.33. The first-order valence-corrected chi connectivity index (χ1v) is 5.67. The van der Waals surface area contributed by atoms with Crippen molar-refractivity contribution in [1.29, 1.82) is 0 Å². The summed E-state index contributed by atoms with van der Waals surface area (Å²) < 4.78 is 5.53. The molecule has 0 N–H and O–H groups in total. The Morgan fingerprint density at radius 2 is 2.13 bits per heavy atom. The molecule has 2 aliphatic carbocycles. The fourth-order valence-corrected chi connectivity index (χ4v) is 2.80. The third kappa shape index (κ3) is 2.91. The molecular weight excluding hydrogens is 188 g/mol. The first kappa shape index (κ1) is 12.4. The van der Waals surface area contributed by atoms with Crippen LogP contribution in [0.3, 0.4) is 0 Å². The van der Waals surface area contributed by atoms with Crippen molar-refractivity contribution in [3.05, 3.63) is 12.2 Å². The molecule has 0 aromatic heterocycles. The van der Waals surface area contributed by atoms with Crippen molar-refractivity contribution < 1.29 is 9.53 Å². The van der Waals surface area contributed by atoms with E-state index in [0.29, 0.717) is 5.57 Å². The van der Waals surface area contributed by atoms with Gasteiger partial charge in [-0.3, -0.25) is 4.79 Å². The Hall–Kier alpha value is -0.630. The molecule has 2 fully saturated rings. The third-order valence-electron chi connectivity index (χ3n) is 3.77. The molecule has 86 valence electrons. The topological polar surface area (TPSA) is 26.3 Å². The van der Waals surface area contributed by atoms with E-state index in [1.165, 1.54) is 25.7 Å². The van der Waals surface area contributed by atoms with Crippen molar-refractivity contribution in [2.75, 3.05) is 7.11 Å². The van der Waals surface area contributed by atoms with Crippen LogP contribution in [0.15, 0.2) is 12.2 Å². The fourth-order valence-electron chi connectivity index (χ4n) is 2.80. The zero-order valence-corrected chi connectivity index (χ0v) is 10.1. The molecular formula is C13H22O2. The van der Waals surface area contributed by atoms with Gasteiger partial charge in [-0.1, -0.05) is 6.58 Å². The number of aldehydes is 1. The lowest BCUT2D eigenvalue weighted by Gasteiger charge is -2.32. The fraction of sp³-hybridized carbons (Fsp3) is 0.769. The minimum Gasteiger partial charge on any atom is -0.378 e. The van der Waals surface area contributed by atoms with E-state index < -0.39 is 0 Å². The summed E-state index contributed by atoms with van der Waals surface area (Å²) in [6.07, 6.45) is 6.34. The number of carbonyl (C=O) groups is 1. The van der Waals surface area contributed by atoms with E-state index in [2.05, 4.69) is 13.5 Å². The number of carbonyl (C=O) groups excluding carboxylic acids is 1. The van der Waals surface area contributed by atoms with Gasteiger partial charge in [0, 0.05) is 7.11 Å². The van der Waals surface area contributed by atoms with Gasteiger partial charge < -0.3 is 4.74 Å². The third-order valence-corrected chi connectivity index (χ3v) is 3.77. The smallest absolute Gasteiger partial charge is 0.145 e. The average molecular weight is 210 g/mol. The van der Waals surface area contributed by atoms with E-state index >= 15 is 0 Å². The normalized spacial score (nSPS) is 37.0. The zero-order chi connectivity index (χ0) is 11.5. The summed E-state index contributed by atoms with van der Waals surface area (Å²) in [6.45, 7) is 7.24. The highest BCUT2D eigenvalue weighted by molar-refractivity contribution is 5.70. The number of rotatable bonds is 2. The van der Waals surface area contributed by atoms with E-state index in [4.69, 9.17) is 4.74 Å². The van der Waals surface area contributed by atoms with Gasteiger partial charge in [0.2, 0.25) is 0 Å². The molecule has 0 spiro atoms. The highest BCUT2D eigenvalue weighted by Crippen LogP contribution is 2.51. The van der Waals surface area contributed by atoms with Gasteiger partial charge in [-0.2, -0.15) is 0 Å². The molecule has 2 saturated carbocycles. The Kier molecular flexibility index (Phi) is 4.09. The summed E-state index contributed by atoms with van der Waals surface area (Å²) in [6, 6.07) is 0. The van der Waals surface area contributed by atoms with Crippen LogP contribution in [0.2, 0.25) is 0 Å². The van der Waals surface area contributed by atoms with Crippen LogP contribution in [0, 0.1) is 11.8 Å². The van der Waals surface area contributed by atoms with Gasteiger partial charge >= 0.3 is 0 Å². The highest BCUT2D eigenvalue weighted by atomic mass is 16.5. The summed E-state index contributed by atoms with van der Waals surface area (Å²) >= 11 is 0. The zero-order valence-electron chi connectivity index (χ0n) is 10.1. The van der Waals surface area contributed by atoms with Crippen molar-refractivity contribution in [2.45, 2.75) is 45.1 Å². The molecule has 0 aromatic carbocycles. The van der Waals surface area contributed by atoms with Gasteiger partial charge in [0.05, 0.1) is 5.60 Å². The van der Waals surface area contributed by atoms with Crippen LogP contribution in [-0.2, 0) is 9.53 Å². The van der Waals surface area contributed by atoms with Crippen LogP contribution in [0.1, 0.15) is 39.5 Å². The largest absolute Gasteiger partial charge is 0.378 e. The summed E-state index contributed by atoms with van der Waals surface area (Å²) in [5.41, 5.74) is 0.827. The van der Waals surface area contributed by atoms with Crippen molar-refractivity contribution in [1.82, 2.24) is 0 Å². The van der Waals surface area contributed by atoms with Gasteiger partial charge in [-0.15, -0.1) is 0 Å². The molecule has 2 aliphatic rings. The second-order valence-electron chi connectivity index (χ2n) is 5.06. The van der Waals surface area contributed by atoms with E-state index in [0.717, 1.165) is 18.1 Å². The molecule has 0 aromatic rings. The van der Waals surface area contributed by atoms with E-state index in [1.54, 1.807) is 6.92 Å². The lowest BCUT2D eigenvalue weighted by molar-refractivity contribution is -0.104. The number of fused-ring (bicyclic) bond motifs is 2. The quantitative estimate of drug-likeness (QED) is 0.517. The van der Waals surface area contributed by atoms with Crippen LogP contribution < -0.4 is 0 Å². The summed E-state index contributed by atoms with van der Waals surface area (Å²) in [7, 11) is 1.86. The van der Waals surface area contributed by atoms with Gasteiger partial charge in [-0.25, -0.2) is 0 Å². The molecule has 0 amide bonds. The first-order valence-electron chi connectivity index (χ1n) is 5.67. The van der Waals surface area contributed by atoms with Crippen molar-refractivity contribution >= 4 is 6.29 Å². The summed E-state index contributed by atoms with van der Waals surface area (Å²) in [4.78, 5) is 9.41. The maximum Gasteiger partial charge on any atom is 0.145 e. The molecule has 15 heavy (non-hydrogen) atoms. The van der Waals surface area contributed by atoms with Gasteiger partial charge in [0.25, 0.3) is 0 Å². The Morgan fingerprint density at radius 3 is 2.33 bits per heavy atom. The molecule has 0 saturated heterocycles. The predicted molar refractivity (Wildman–Crippen MR) is 61.7 cm³/mol. The average Bonchev–Trinajstić information content (AvgIpc) is 2.78. The Labute approximate surface area is 92.7 Å². The van der Waals surface area contributed by atoms with Gasteiger partial charge in [-0.05, 0) is 56.9 Å². The van der Waals surface area contributed by atoms with Crippen LogP contribution >= 0.6 is 0 Å². The highest BCUT2D eigenvalue weighted by Gasteiger charge is 2.47. The predicted octanol–water partition coefficient (Wildman–Crippen LogP) is 2.97. The van der Waals surface area contributed by atoms with Crippen molar-refractivity contribution in [3.8, 4) is 0 Å². The van der Waals surface area contributed by atoms with E-state index in [9.17, 15) is 4.79 Å². The number of hydrogen-bond donors (Lipinski definition) is 0. The molecule has 0 heterocycles. The first-order chi connectivity index (χ1) is 7.01. The maximum absolute atomic E-state index is 9.41. The Morgan fingerprint density at radius 1 is 1.53 bits per heavy atom. The standard InChI is InChI=1S/C9H16O.C4H6O/c1-9(10-2)6-7-3-4-8(9)5-7;1-4(2)3-5/h7-8H,3-6H2,1-2H3;3H,1H2,2H3. The van der Waals surface area contributed by atoms with Crippen LogP contribution in [0.4, 0.5) is 0 Å². The Balaban J connectivity index is 0.000000195. The van der Waals surface area contributed by atoms with Crippen LogP contribution in [0.25, 0.3) is 0 Å². The van der Waals surface area contributed by atoms with Crippen molar-refractivity contribution in [2.24, 2.45) is 11.8 Å². The summed E-state index contributed by atoms with van der Waals surface area (Å²) in [5, 5.41) is 0. The second-order valence-corrected chi connectivity index (χ2v) is 5.06. The van der Waals surface area contributed by atoms with Crippen LogP contribution in [-0.4, -0.2) is 19.0 Å². The number of allylic oxidation sites excluding steroid dienone is 1. The van der Waals surface area contributed by atoms with Crippen molar-refractivity contribution in [3.63, 3.8) is 0 Å². The monoisotopic (exact) mass is 210 g/mol. The van der Waals surface area contributed by atoms with E-state index in [1.807, 2.05) is 7.11 Å². The second kappa shape index (κ2) is 4.93. The minimum absolute atomic E-state index is 0.253. The summed E-state index contributed by atoms with van der Waals surface area (Å²) in [5.74, 6) is 1.87. The molecule has 0 radical (unpaired) electrons. The molecule has 2 bridgehead atoms. The molecule has 2 heteroatoms. The SMILES string of the molecule is C=C(C)C=O.COC1(C)CC2CCC1C2. The minimum atomic E-state index is 0.253. The van der Waals surface area contributed by atoms with Crippen LogP contribution in [0.5, 0.6) is 0 Å². The Bertz CT molecular complexity index is 247. The lowest BCUT2D eigenvalue weighted by atomic mass is 9.86. The van der Waals surface area contributed by atoms with Gasteiger partial charge in [0.15, 0.2) is 0 Å².